The van der Waals surface area contributed by atoms with Crippen LogP contribution < -0.4 is 5.43 Å². The first kappa shape index (κ1) is 19.7. The molecule has 146 valence electrons. The summed E-state index contributed by atoms with van der Waals surface area (Å²) in [6.07, 6.45) is 1.23. The molecule has 3 rings (SSSR count). The van der Waals surface area contributed by atoms with Crippen LogP contribution >= 0.6 is 11.6 Å². The Balaban J connectivity index is 1.70. The lowest BCUT2D eigenvalue weighted by Crippen LogP contribution is -2.17. The van der Waals surface area contributed by atoms with Crippen LogP contribution in [0, 0.1) is 20.2 Å². The summed E-state index contributed by atoms with van der Waals surface area (Å²) in [7, 11) is 0. The van der Waals surface area contributed by atoms with Gasteiger partial charge in [0.15, 0.2) is 0 Å². The van der Waals surface area contributed by atoms with E-state index in [4.69, 9.17) is 16.0 Å². The first-order valence-electron chi connectivity index (χ1n) is 7.97. The highest BCUT2D eigenvalue weighted by Gasteiger charge is 2.15. The van der Waals surface area contributed by atoms with Crippen LogP contribution in [0.25, 0.3) is 11.3 Å². The number of halogens is 1. The predicted octanol–water partition coefficient (Wildman–Crippen LogP) is 4.18. The van der Waals surface area contributed by atoms with Crippen molar-refractivity contribution in [3.05, 3.63) is 91.2 Å². The molecule has 3 aromatic rings. The van der Waals surface area contributed by atoms with Gasteiger partial charge in [-0.15, -0.1) is 0 Å². The summed E-state index contributed by atoms with van der Waals surface area (Å²) in [6.45, 7) is 0. The lowest BCUT2D eigenvalue weighted by molar-refractivity contribution is -0.385. The summed E-state index contributed by atoms with van der Waals surface area (Å²) >= 11 is 5.79. The highest BCUT2D eigenvalue weighted by Crippen LogP contribution is 2.31. The number of carbonyl (C=O) groups is 1. The number of non-ortho nitro benzene ring substituents is 1. The van der Waals surface area contributed by atoms with Gasteiger partial charge in [0.25, 0.3) is 17.3 Å². The Labute approximate surface area is 167 Å². The van der Waals surface area contributed by atoms with Crippen molar-refractivity contribution in [2.75, 3.05) is 0 Å². The summed E-state index contributed by atoms with van der Waals surface area (Å²) in [4.78, 5) is 32.6. The smallest absolute Gasteiger partial charge is 0.288 e. The maximum Gasteiger partial charge on any atom is 0.288 e. The fraction of sp³-hybridized carbons (Fsp3) is 0. The number of nitrogens with zero attached hydrogens (tertiary/aromatic N) is 3. The van der Waals surface area contributed by atoms with E-state index in [0.717, 1.165) is 6.07 Å². The molecule has 11 heteroatoms. The number of furan rings is 1. The lowest BCUT2D eigenvalue weighted by Gasteiger charge is -2.00. The Morgan fingerprint density at radius 1 is 1.07 bits per heavy atom. The number of amides is 1. The van der Waals surface area contributed by atoms with Crippen molar-refractivity contribution >= 4 is 35.1 Å². The number of hydrogen-bond acceptors (Lipinski definition) is 7. The van der Waals surface area contributed by atoms with Gasteiger partial charge in [-0.05, 0) is 30.3 Å². The number of nitrogens with one attached hydrogen (secondary N) is 1. The van der Waals surface area contributed by atoms with Crippen LogP contribution in [0.2, 0.25) is 5.02 Å². The topological polar surface area (TPSA) is 141 Å². The second-order valence-corrected chi connectivity index (χ2v) is 6.04. The van der Waals surface area contributed by atoms with Gasteiger partial charge in [-0.1, -0.05) is 17.7 Å². The van der Waals surface area contributed by atoms with Crippen LogP contribution in [0.4, 0.5) is 11.4 Å². The van der Waals surface area contributed by atoms with E-state index in [1.165, 1.54) is 36.5 Å². The van der Waals surface area contributed by atoms with Crippen molar-refractivity contribution in [1.82, 2.24) is 5.43 Å². The summed E-state index contributed by atoms with van der Waals surface area (Å²) in [5.74, 6) is -0.0155. The standard InChI is InChI=1S/C18H11ClN4O6/c19-15-6-4-11(9-16(15)23(27)28)17-7-5-14(29-17)10-20-21-18(24)12-2-1-3-13(8-12)22(25)26/h1-10H,(H,21,24). The number of benzene rings is 2. The molecule has 0 fully saturated rings. The maximum absolute atomic E-state index is 12.0. The fourth-order valence-electron chi connectivity index (χ4n) is 2.36. The molecule has 1 amide bonds. The van der Waals surface area contributed by atoms with Crippen LogP contribution in [-0.2, 0) is 0 Å². The van der Waals surface area contributed by atoms with Gasteiger partial charge in [0, 0.05) is 29.3 Å². The average molecular weight is 415 g/mol. The molecule has 0 aliphatic carbocycles. The number of hydrazone groups is 1. The number of carbonyl (C=O) groups excluding carboxylic acids is 1. The minimum absolute atomic E-state index is 0.0101. The average Bonchev–Trinajstić information content (AvgIpc) is 3.17. The largest absolute Gasteiger partial charge is 0.455 e. The highest BCUT2D eigenvalue weighted by molar-refractivity contribution is 6.32. The van der Waals surface area contributed by atoms with E-state index in [2.05, 4.69) is 10.5 Å². The Kier molecular flexibility index (Phi) is 5.65. The molecule has 0 saturated carbocycles. The van der Waals surface area contributed by atoms with Crippen molar-refractivity contribution in [3.8, 4) is 11.3 Å². The highest BCUT2D eigenvalue weighted by atomic mass is 35.5. The quantitative estimate of drug-likeness (QED) is 0.364. The van der Waals surface area contributed by atoms with Crippen LogP contribution in [0.15, 0.2) is 64.1 Å². The molecule has 1 aromatic heterocycles. The third kappa shape index (κ3) is 4.62. The number of nitro groups is 2. The van der Waals surface area contributed by atoms with E-state index in [-0.39, 0.29) is 27.7 Å². The van der Waals surface area contributed by atoms with Gasteiger partial charge in [-0.3, -0.25) is 25.0 Å². The molecule has 0 aliphatic heterocycles. The normalized spacial score (nSPS) is 10.8. The molecule has 29 heavy (non-hydrogen) atoms. The van der Waals surface area contributed by atoms with Gasteiger partial charge in [0.2, 0.25) is 0 Å². The molecule has 0 spiro atoms. The molecular weight excluding hydrogens is 404 g/mol. The van der Waals surface area contributed by atoms with Crippen molar-refractivity contribution < 1.29 is 19.1 Å². The van der Waals surface area contributed by atoms with E-state index < -0.39 is 15.8 Å². The van der Waals surface area contributed by atoms with E-state index in [1.54, 1.807) is 18.2 Å². The number of hydrogen-bond donors (Lipinski definition) is 1. The molecule has 0 saturated heterocycles. The fourth-order valence-corrected chi connectivity index (χ4v) is 2.55. The second-order valence-electron chi connectivity index (χ2n) is 5.63. The van der Waals surface area contributed by atoms with E-state index in [0.29, 0.717) is 11.3 Å². The van der Waals surface area contributed by atoms with Gasteiger partial charge in [0.1, 0.15) is 16.5 Å². The van der Waals surface area contributed by atoms with Crippen LogP contribution in [-0.4, -0.2) is 22.0 Å². The first-order chi connectivity index (χ1) is 13.8. The monoisotopic (exact) mass is 414 g/mol. The minimum atomic E-state index is -0.634. The zero-order chi connectivity index (χ0) is 21.0. The molecule has 1 heterocycles. The van der Waals surface area contributed by atoms with Gasteiger partial charge in [-0.25, -0.2) is 5.43 Å². The van der Waals surface area contributed by atoms with E-state index in [1.807, 2.05) is 0 Å². The van der Waals surface area contributed by atoms with Gasteiger partial charge in [0.05, 0.1) is 16.1 Å². The summed E-state index contributed by atoms with van der Waals surface area (Å²) in [6, 6.07) is 12.6. The molecule has 0 aliphatic rings. The van der Waals surface area contributed by atoms with Crippen molar-refractivity contribution in [3.63, 3.8) is 0 Å². The SMILES string of the molecule is O=C(NN=Cc1ccc(-c2ccc(Cl)c([N+](=O)[O-])c2)o1)c1cccc([N+](=O)[O-])c1. The molecule has 10 nitrogen and oxygen atoms in total. The van der Waals surface area contributed by atoms with Gasteiger partial charge in [-0.2, -0.15) is 5.10 Å². The summed E-state index contributed by atoms with van der Waals surface area (Å²) < 4.78 is 5.53. The molecule has 0 unspecified atom stereocenters. The van der Waals surface area contributed by atoms with E-state index in [9.17, 15) is 25.0 Å². The van der Waals surface area contributed by atoms with Crippen molar-refractivity contribution in [1.29, 1.82) is 0 Å². The number of nitro benzene ring substituents is 2. The maximum atomic E-state index is 12.0. The molecular formula is C18H11ClN4O6. The Hall–Kier alpha value is -4.05. The third-order valence-electron chi connectivity index (χ3n) is 3.73. The molecule has 0 bridgehead atoms. The number of rotatable bonds is 6. The molecule has 0 radical (unpaired) electrons. The van der Waals surface area contributed by atoms with Crippen LogP contribution in [0.5, 0.6) is 0 Å². The Morgan fingerprint density at radius 3 is 2.59 bits per heavy atom. The lowest BCUT2D eigenvalue weighted by atomic mass is 10.1. The molecule has 0 atom stereocenters. The Morgan fingerprint density at radius 2 is 1.86 bits per heavy atom. The zero-order valence-corrected chi connectivity index (χ0v) is 15.2. The van der Waals surface area contributed by atoms with Crippen LogP contribution in [0.1, 0.15) is 16.1 Å². The molecule has 2 aromatic carbocycles. The van der Waals surface area contributed by atoms with Gasteiger partial charge >= 0.3 is 0 Å². The first-order valence-corrected chi connectivity index (χ1v) is 8.35. The summed E-state index contributed by atoms with van der Waals surface area (Å²) in [5, 5.41) is 25.5. The van der Waals surface area contributed by atoms with Gasteiger partial charge < -0.3 is 4.42 Å². The predicted molar refractivity (Wildman–Crippen MR) is 104 cm³/mol. The van der Waals surface area contributed by atoms with Crippen molar-refractivity contribution in [2.24, 2.45) is 5.10 Å². The summed E-state index contributed by atoms with van der Waals surface area (Å²) in [5.41, 5.74) is 2.29. The zero-order valence-electron chi connectivity index (χ0n) is 14.4. The minimum Gasteiger partial charge on any atom is -0.455 e. The molecule has 1 N–H and O–H groups in total. The second kappa shape index (κ2) is 8.31. The Bertz CT molecular complexity index is 1140. The third-order valence-corrected chi connectivity index (χ3v) is 4.05. The van der Waals surface area contributed by atoms with E-state index >= 15 is 0 Å². The van der Waals surface area contributed by atoms with Crippen LogP contribution in [0.3, 0.4) is 0 Å². The van der Waals surface area contributed by atoms with Crippen molar-refractivity contribution in [2.45, 2.75) is 0 Å².